The van der Waals surface area contributed by atoms with E-state index in [1.807, 2.05) is 0 Å². The van der Waals surface area contributed by atoms with E-state index in [0.717, 1.165) is 12.1 Å². The molecule has 1 aromatic rings. The summed E-state index contributed by atoms with van der Waals surface area (Å²) in [6, 6.07) is 4.65. The van der Waals surface area contributed by atoms with E-state index in [4.69, 9.17) is 15.9 Å². The van der Waals surface area contributed by atoms with Crippen LogP contribution < -0.4 is 5.23 Å². The lowest BCUT2D eigenvalue weighted by atomic mass is 10.3. The van der Waals surface area contributed by atoms with Gasteiger partial charge in [-0.1, -0.05) is 0 Å². The number of rotatable bonds is 2. The topological polar surface area (TPSA) is 81.9 Å². The van der Waals surface area contributed by atoms with E-state index < -0.39 is 14.3 Å². The van der Waals surface area contributed by atoms with Gasteiger partial charge in [-0.2, -0.15) is 5.23 Å². The zero-order valence-electron chi connectivity index (χ0n) is 6.27. The second-order valence-corrected chi connectivity index (χ2v) is 4.83. The quantitative estimate of drug-likeness (QED) is 0.547. The number of hydrogen-bond donors (Lipinski definition) is 2. The largest absolute Gasteiger partial charge is 0.595 e. The fourth-order valence-corrected chi connectivity index (χ4v) is 1.53. The average Bonchev–Trinajstić information content (AvgIpc) is 2.03. The lowest BCUT2D eigenvalue weighted by Gasteiger charge is -2.10. The summed E-state index contributed by atoms with van der Waals surface area (Å²) in [5.74, 6) is 0. The first-order chi connectivity index (χ1) is 5.91. The van der Waals surface area contributed by atoms with Crippen LogP contribution in [0.25, 0.3) is 0 Å². The normalized spacial score (nSPS) is 14.1. The van der Waals surface area contributed by atoms with Crippen molar-refractivity contribution in [2.75, 3.05) is 0 Å². The van der Waals surface area contributed by atoms with Crippen LogP contribution in [0.3, 0.4) is 0 Å². The van der Waals surface area contributed by atoms with E-state index in [1.54, 1.807) is 0 Å². The average molecular weight is 224 g/mol. The maximum Gasteiger partial charge on any atom is 0.261 e. The zero-order valence-corrected chi connectivity index (χ0v) is 7.84. The molecule has 0 heterocycles. The van der Waals surface area contributed by atoms with Gasteiger partial charge in [0.05, 0.1) is 4.90 Å². The molecule has 0 aliphatic rings. The molecular weight excluding hydrogens is 218 g/mol. The first kappa shape index (κ1) is 10.4. The Hall–Kier alpha value is -0.660. The van der Waals surface area contributed by atoms with E-state index in [2.05, 4.69) is 0 Å². The van der Waals surface area contributed by atoms with Gasteiger partial charge in [-0.05, 0) is 12.1 Å². The van der Waals surface area contributed by atoms with Crippen LogP contribution in [0.5, 0.6) is 0 Å². The predicted molar refractivity (Wildman–Crippen MR) is 45.3 cm³/mol. The smallest absolute Gasteiger partial charge is 0.261 e. The van der Waals surface area contributed by atoms with Crippen molar-refractivity contribution in [3.8, 4) is 0 Å². The van der Waals surface area contributed by atoms with E-state index >= 15 is 0 Å². The van der Waals surface area contributed by atoms with Gasteiger partial charge < -0.3 is 5.21 Å². The van der Waals surface area contributed by atoms with Gasteiger partial charge in [0, 0.05) is 22.8 Å². The highest BCUT2D eigenvalue weighted by Gasteiger charge is 2.10. The second kappa shape index (κ2) is 3.60. The third-order valence-electron chi connectivity index (χ3n) is 1.38. The van der Waals surface area contributed by atoms with Gasteiger partial charge >= 0.3 is 0 Å². The number of nitrogens with one attached hydrogen (secondary N) is 1. The van der Waals surface area contributed by atoms with Gasteiger partial charge in [-0.15, -0.1) is 0 Å². The van der Waals surface area contributed by atoms with Crippen molar-refractivity contribution in [2.45, 2.75) is 4.90 Å². The summed E-state index contributed by atoms with van der Waals surface area (Å²) in [5, 5.41) is 17.8. The van der Waals surface area contributed by atoms with Gasteiger partial charge in [-0.3, -0.25) is 0 Å². The van der Waals surface area contributed by atoms with Crippen LogP contribution in [0.1, 0.15) is 0 Å². The van der Waals surface area contributed by atoms with Gasteiger partial charge in [-0.25, -0.2) is 13.6 Å². The van der Waals surface area contributed by atoms with Gasteiger partial charge in [0.1, 0.15) is 0 Å². The molecule has 72 valence electrons. The van der Waals surface area contributed by atoms with Crippen molar-refractivity contribution >= 4 is 25.4 Å². The van der Waals surface area contributed by atoms with Gasteiger partial charge in [0.15, 0.2) is 5.69 Å². The molecule has 2 N–H and O–H groups in total. The molecular formula is C6H6ClNO4S. The van der Waals surface area contributed by atoms with E-state index in [9.17, 15) is 13.6 Å². The highest BCUT2D eigenvalue weighted by molar-refractivity contribution is 8.13. The number of quaternary nitrogens is 1. The molecule has 1 unspecified atom stereocenters. The molecule has 0 fully saturated rings. The second-order valence-electron chi connectivity index (χ2n) is 2.27. The summed E-state index contributed by atoms with van der Waals surface area (Å²) >= 11 is 0. The minimum Gasteiger partial charge on any atom is -0.595 e. The molecule has 0 spiro atoms. The van der Waals surface area contributed by atoms with E-state index in [-0.39, 0.29) is 10.6 Å². The third-order valence-corrected chi connectivity index (χ3v) is 2.75. The summed E-state index contributed by atoms with van der Waals surface area (Å²) in [6.45, 7) is 0. The highest BCUT2D eigenvalue weighted by atomic mass is 35.7. The fraction of sp³-hybridized carbons (Fsp3) is 0. The summed E-state index contributed by atoms with van der Waals surface area (Å²) in [5.41, 5.74) is 0.0177. The summed E-state index contributed by atoms with van der Waals surface area (Å²) < 4.78 is 21.5. The van der Waals surface area contributed by atoms with Crippen LogP contribution in [0.2, 0.25) is 0 Å². The molecule has 0 saturated heterocycles. The highest BCUT2D eigenvalue weighted by Crippen LogP contribution is 2.15. The van der Waals surface area contributed by atoms with Gasteiger partial charge in [0.2, 0.25) is 0 Å². The molecule has 5 nitrogen and oxygen atoms in total. The van der Waals surface area contributed by atoms with Crippen molar-refractivity contribution in [1.82, 2.24) is 0 Å². The van der Waals surface area contributed by atoms with Crippen molar-refractivity contribution in [1.29, 1.82) is 0 Å². The van der Waals surface area contributed by atoms with Crippen LogP contribution in [0.4, 0.5) is 5.69 Å². The first-order valence-electron chi connectivity index (χ1n) is 3.19. The Morgan fingerprint density at radius 3 is 2.08 bits per heavy atom. The number of hydrogen-bond acceptors (Lipinski definition) is 4. The van der Waals surface area contributed by atoms with Crippen LogP contribution in [0, 0.1) is 5.21 Å². The standard InChI is InChI=1S/C6H6ClNO4S/c7-13(11,12)6-3-1-5(2-4-6)8(9)10/h1-4,8-9H. The molecule has 1 aromatic carbocycles. The Morgan fingerprint density at radius 1 is 1.31 bits per heavy atom. The summed E-state index contributed by atoms with van der Waals surface area (Å²) in [4.78, 5) is -0.112. The number of halogens is 1. The minimum absolute atomic E-state index is 0.0177. The Balaban J connectivity index is 3.08. The molecule has 0 saturated carbocycles. The SMILES string of the molecule is O=S(=O)(Cl)c1ccc([NH+]([O-])O)cc1. The third kappa shape index (κ3) is 2.64. The Labute approximate surface area is 79.1 Å². The molecule has 0 bridgehead atoms. The summed E-state index contributed by atoms with van der Waals surface area (Å²) in [6.07, 6.45) is 0. The van der Waals surface area contributed by atoms with Crippen molar-refractivity contribution in [3.05, 3.63) is 29.5 Å². The first-order valence-corrected chi connectivity index (χ1v) is 5.50. The number of benzene rings is 1. The predicted octanol–water partition coefficient (Wildman–Crippen LogP) is 0.0175. The summed E-state index contributed by atoms with van der Waals surface area (Å²) in [7, 11) is 1.25. The van der Waals surface area contributed by atoms with Crippen LogP contribution in [-0.2, 0) is 9.05 Å². The lowest BCUT2D eigenvalue weighted by Crippen LogP contribution is -2.99. The maximum atomic E-state index is 10.7. The molecule has 0 amide bonds. The zero-order chi connectivity index (χ0) is 10.1. The Kier molecular flexibility index (Phi) is 2.89. The molecule has 0 aromatic heterocycles. The molecule has 1 atom stereocenters. The molecule has 7 heteroatoms. The fourth-order valence-electron chi connectivity index (χ4n) is 0.760. The van der Waals surface area contributed by atoms with Crippen LogP contribution in [0.15, 0.2) is 29.2 Å². The van der Waals surface area contributed by atoms with Gasteiger partial charge in [0.25, 0.3) is 9.05 Å². The van der Waals surface area contributed by atoms with Crippen molar-refractivity contribution in [2.24, 2.45) is 0 Å². The maximum absolute atomic E-state index is 10.7. The van der Waals surface area contributed by atoms with Crippen molar-refractivity contribution in [3.63, 3.8) is 0 Å². The van der Waals surface area contributed by atoms with E-state index in [0.29, 0.717) is 0 Å². The Morgan fingerprint density at radius 2 is 1.77 bits per heavy atom. The van der Waals surface area contributed by atoms with Crippen LogP contribution in [-0.4, -0.2) is 13.6 Å². The molecule has 1 rings (SSSR count). The molecule has 0 aliphatic carbocycles. The molecule has 0 radical (unpaired) electrons. The molecule has 0 aliphatic heterocycles. The Bertz CT molecular complexity index is 386. The minimum atomic E-state index is -3.77. The van der Waals surface area contributed by atoms with E-state index in [1.165, 1.54) is 12.1 Å². The monoisotopic (exact) mass is 223 g/mol. The molecule has 13 heavy (non-hydrogen) atoms. The van der Waals surface area contributed by atoms with Crippen molar-refractivity contribution < 1.29 is 18.9 Å². The van der Waals surface area contributed by atoms with Crippen LogP contribution >= 0.6 is 10.7 Å². The lowest BCUT2D eigenvalue weighted by molar-refractivity contribution is -0.991.